The van der Waals surface area contributed by atoms with E-state index >= 15 is 0 Å². The molecule has 1 aromatic heterocycles. The third-order valence-corrected chi connectivity index (χ3v) is 3.75. The Morgan fingerprint density at radius 3 is 3.31 bits per heavy atom. The maximum atomic E-state index is 11.9. The fourth-order valence-corrected chi connectivity index (χ4v) is 2.55. The van der Waals surface area contributed by atoms with Crippen molar-refractivity contribution in [3.8, 4) is 0 Å². The van der Waals surface area contributed by atoms with Gasteiger partial charge in [-0.2, -0.15) is 0 Å². The summed E-state index contributed by atoms with van der Waals surface area (Å²) in [4.78, 5) is 17.0. The van der Waals surface area contributed by atoms with Crippen molar-refractivity contribution in [1.82, 2.24) is 15.6 Å². The fourth-order valence-electron chi connectivity index (χ4n) is 2.01. The first-order valence-corrected chi connectivity index (χ1v) is 6.54. The van der Waals surface area contributed by atoms with Gasteiger partial charge in [0.15, 0.2) is 0 Å². The van der Waals surface area contributed by atoms with Crippen LogP contribution in [0.4, 0.5) is 0 Å². The van der Waals surface area contributed by atoms with Crippen molar-refractivity contribution in [2.24, 2.45) is 5.92 Å². The first-order chi connectivity index (χ1) is 7.77. The minimum atomic E-state index is -0.0262. The fraction of sp³-hybridized carbons (Fsp3) is 0.636. The third kappa shape index (κ3) is 2.80. The number of carbonyl (C=O) groups excluding carboxylic acids is 1. The molecule has 0 aromatic carbocycles. The molecule has 1 aliphatic heterocycles. The molecule has 0 spiro atoms. The first-order valence-electron chi connectivity index (χ1n) is 5.66. The summed E-state index contributed by atoms with van der Waals surface area (Å²) in [6.45, 7) is 3.67. The average Bonchev–Trinajstić information content (AvgIpc) is 2.79. The molecule has 2 N–H and O–H groups in total. The van der Waals surface area contributed by atoms with Crippen molar-refractivity contribution in [2.75, 3.05) is 6.54 Å². The van der Waals surface area contributed by atoms with E-state index in [1.807, 2.05) is 0 Å². The summed E-state index contributed by atoms with van der Waals surface area (Å²) in [5.74, 6) is 0.538. The van der Waals surface area contributed by atoms with Crippen molar-refractivity contribution in [2.45, 2.75) is 32.4 Å². The SMILES string of the molecule is CC1CCCNC1C(=O)NCc1cncs1. The van der Waals surface area contributed by atoms with E-state index < -0.39 is 0 Å². The van der Waals surface area contributed by atoms with Gasteiger partial charge in [0.1, 0.15) is 0 Å². The molecule has 2 atom stereocenters. The Bertz CT molecular complexity index is 339. The van der Waals surface area contributed by atoms with Gasteiger partial charge in [-0.3, -0.25) is 9.78 Å². The van der Waals surface area contributed by atoms with Gasteiger partial charge in [0, 0.05) is 11.1 Å². The van der Waals surface area contributed by atoms with Crippen LogP contribution in [0.25, 0.3) is 0 Å². The highest BCUT2D eigenvalue weighted by molar-refractivity contribution is 7.09. The second-order valence-corrected chi connectivity index (χ2v) is 5.21. The highest BCUT2D eigenvalue weighted by Crippen LogP contribution is 2.15. The number of aromatic nitrogens is 1. The molecule has 1 aromatic rings. The van der Waals surface area contributed by atoms with Crippen molar-refractivity contribution < 1.29 is 4.79 Å². The van der Waals surface area contributed by atoms with E-state index in [0.717, 1.165) is 17.8 Å². The van der Waals surface area contributed by atoms with Crippen LogP contribution >= 0.6 is 11.3 Å². The molecule has 1 fully saturated rings. The van der Waals surface area contributed by atoms with Crippen LogP contribution < -0.4 is 10.6 Å². The van der Waals surface area contributed by atoms with Gasteiger partial charge in [-0.1, -0.05) is 6.92 Å². The molecule has 16 heavy (non-hydrogen) atoms. The summed E-state index contributed by atoms with van der Waals surface area (Å²) in [7, 11) is 0. The van der Waals surface area contributed by atoms with E-state index in [9.17, 15) is 4.79 Å². The smallest absolute Gasteiger partial charge is 0.237 e. The van der Waals surface area contributed by atoms with Crippen molar-refractivity contribution in [1.29, 1.82) is 0 Å². The summed E-state index contributed by atoms with van der Waals surface area (Å²) >= 11 is 1.57. The van der Waals surface area contributed by atoms with Gasteiger partial charge in [0.05, 0.1) is 18.1 Å². The lowest BCUT2D eigenvalue weighted by molar-refractivity contribution is -0.125. The van der Waals surface area contributed by atoms with Gasteiger partial charge in [0.25, 0.3) is 0 Å². The van der Waals surface area contributed by atoms with Crippen LogP contribution in [0.15, 0.2) is 11.7 Å². The molecule has 1 amide bonds. The van der Waals surface area contributed by atoms with Crippen LogP contribution in [0, 0.1) is 5.92 Å². The third-order valence-electron chi connectivity index (χ3n) is 2.97. The Balaban J connectivity index is 1.83. The Hall–Kier alpha value is -0.940. The topological polar surface area (TPSA) is 54.0 Å². The van der Waals surface area contributed by atoms with E-state index in [1.54, 1.807) is 23.0 Å². The van der Waals surface area contributed by atoms with E-state index in [-0.39, 0.29) is 11.9 Å². The number of nitrogens with one attached hydrogen (secondary N) is 2. The van der Waals surface area contributed by atoms with Gasteiger partial charge in [0.2, 0.25) is 5.91 Å². The number of rotatable bonds is 3. The molecule has 2 rings (SSSR count). The molecule has 0 radical (unpaired) electrons. The first kappa shape index (κ1) is 11.5. The maximum absolute atomic E-state index is 11.9. The summed E-state index contributed by atoms with van der Waals surface area (Å²) in [6, 6.07) is -0.0262. The van der Waals surface area contributed by atoms with Crippen LogP contribution in [0.1, 0.15) is 24.6 Å². The number of piperidine rings is 1. The van der Waals surface area contributed by atoms with Crippen LogP contribution in [0.2, 0.25) is 0 Å². The van der Waals surface area contributed by atoms with E-state index in [2.05, 4.69) is 22.5 Å². The number of carbonyl (C=O) groups is 1. The Morgan fingerprint density at radius 1 is 1.75 bits per heavy atom. The zero-order chi connectivity index (χ0) is 11.4. The second kappa shape index (κ2) is 5.41. The average molecular weight is 239 g/mol. The number of thiazole rings is 1. The molecule has 1 aliphatic rings. The number of hydrogen-bond acceptors (Lipinski definition) is 4. The van der Waals surface area contributed by atoms with Crippen molar-refractivity contribution in [3.05, 3.63) is 16.6 Å². The van der Waals surface area contributed by atoms with E-state index in [4.69, 9.17) is 0 Å². The Kier molecular flexibility index (Phi) is 3.90. The lowest BCUT2D eigenvalue weighted by atomic mass is 9.92. The quantitative estimate of drug-likeness (QED) is 0.832. The predicted molar refractivity (Wildman–Crippen MR) is 64.1 cm³/mol. The standard InChI is InChI=1S/C11H17N3OS/c1-8-3-2-4-13-10(8)11(15)14-6-9-5-12-7-16-9/h5,7-8,10,13H,2-4,6H2,1H3,(H,14,15). The van der Waals surface area contributed by atoms with Crippen molar-refractivity contribution in [3.63, 3.8) is 0 Å². The highest BCUT2D eigenvalue weighted by atomic mass is 32.1. The lowest BCUT2D eigenvalue weighted by Gasteiger charge is -2.28. The van der Waals surface area contributed by atoms with Gasteiger partial charge in [-0.15, -0.1) is 11.3 Å². The normalized spacial score (nSPS) is 25.3. The van der Waals surface area contributed by atoms with Crippen LogP contribution in [-0.2, 0) is 11.3 Å². The van der Waals surface area contributed by atoms with Gasteiger partial charge < -0.3 is 10.6 Å². The summed E-state index contributed by atoms with van der Waals surface area (Å²) in [5, 5.41) is 6.23. The molecule has 4 nitrogen and oxygen atoms in total. The molecule has 2 unspecified atom stereocenters. The molecular weight excluding hydrogens is 222 g/mol. The molecular formula is C11H17N3OS. The molecule has 2 heterocycles. The largest absolute Gasteiger partial charge is 0.350 e. The Morgan fingerprint density at radius 2 is 2.62 bits per heavy atom. The van der Waals surface area contributed by atoms with Crippen molar-refractivity contribution >= 4 is 17.2 Å². The number of amides is 1. The summed E-state index contributed by atoms with van der Waals surface area (Å²) in [6.07, 6.45) is 4.09. The molecule has 5 heteroatoms. The lowest BCUT2D eigenvalue weighted by Crippen LogP contribution is -2.50. The van der Waals surface area contributed by atoms with Gasteiger partial charge in [-0.05, 0) is 25.3 Å². The maximum Gasteiger partial charge on any atom is 0.237 e. The van der Waals surface area contributed by atoms with Gasteiger partial charge in [-0.25, -0.2) is 0 Å². The number of nitrogens with zero attached hydrogens (tertiary/aromatic N) is 1. The minimum absolute atomic E-state index is 0.0262. The summed E-state index contributed by atoms with van der Waals surface area (Å²) in [5.41, 5.74) is 1.78. The second-order valence-electron chi connectivity index (χ2n) is 4.24. The molecule has 88 valence electrons. The molecule has 1 saturated heterocycles. The van der Waals surface area contributed by atoms with Crippen LogP contribution in [0.5, 0.6) is 0 Å². The molecule has 0 aliphatic carbocycles. The molecule has 0 saturated carbocycles. The Labute approximate surface area is 99.5 Å². The number of hydrogen-bond donors (Lipinski definition) is 2. The zero-order valence-corrected chi connectivity index (χ0v) is 10.2. The monoisotopic (exact) mass is 239 g/mol. The van der Waals surface area contributed by atoms with Crippen LogP contribution in [-0.4, -0.2) is 23.5 Å². The van der Waals surface area contributed by atoms with E-state index in [0.29, 0.717) is 12.5 Å². The minimum Gasteiger partial charge on any atom is -0.350 e. The summed E-state index contributed by atoms with van der Waals surface area (Å²) < 4.78 is 0. The highest BCUT2D eigenvalue weighted by Gasteiger charge is 2.26. The van der Waals surface area contributed by atoms with Crippen LogP contribution in [0.3, 0.4) is 0 Å². The predicted octanol–water partition coefficient (Wildman–Crippen LogP) is 1.15. The van der Waals surface area contributed by atoms with E-state index in [1.165, 1.54) is 6.42 Å². The zero-order valence-electron chi connectivity index (χ0n) is 9.40. The molecule has 0 bridgehead atoms. The van der Waals surface area contributed by atoms with Gasteiger partial charge >= 0.3 is 0 Å².